The molecule has 8 heteroatoms. The zero-order chi connectivity index (χ0) is 24.6. The Morgan fingerprint density at radius 3 is 2.63 bits per heavy atom. The molecular weight excluding hydrogens is 449 g/mol. The molecule has 1 aromatic heterocycles. The number of para-hydroxylation sites is 1. The number of nitrogens with zero attached hydrogens (tertiary/aromatic N) is 1. The number of carbonyl (C=O) groups is 2. The number of rotatable bonds is 9. The molecule has 0 radical (unpaired) electrons. The highest BCUT2D eigenvalue weighted by atomic mass is 19.1. The quantitative estimate of drug-likeness (QED) is 0.354. The van der Waals surface area contributed by atoms with Gasteiger partial charge in [0.25, 0.3) is 0 Å². The fraction of sp³-hybridized carbons (Fsp3) is 0.148. The first kappa shape index (κ1) is 23.8. The third-order valence-corrected chi connectivity index (χ3v) is 5.34. The first-order chi connectivity index (χ1) is 17.0. The van der Waals surface area contributed by atoms with Crippen molar-refractivity contribution >= 4 is 28.3 Å². The number of hydrogen-bond acceptors (Lipinski definition) is 6. The van der Waals surface area contributed by atoms with Crippen molar-refractivity contribution in [3.05, 3.63) is 102 Å². The molecule has 0 bridgehead atoms. The summed E-state index contributed by atoms with van der Waals surface area (Å²) in [4.78, 5) is 29.1. The number of anilines is 1. The van der Waals surface area contributed by atoms with Crippen LogP contribution in [0, 0.1) is 5.82 Å². The van der Waals surface area contributed by atoms with Gasteiger partial charge >= 0.3 is 5.97 Å². The van der Waals surface area contributed by atoms with Crippen LogP contribution in [-0.2, 0) is 20.9 Å². The van der Waals surface area contributed by atoms with Crippen LogP contribution in [0.1, 0.15) is 17.0 Å². The Hall–Kier alpha value is -4.30. The zero-order valence-corrected chi connectivity index (χ0v) is 18.8. The number of benzene rings is 3. The van der Waals surface area contributed by atoms with E-state index in [9.17, 15) is 14.0 Å². The molecule has 0 aliphatic heterocycles. The number of fused-ring (bicyclic) bond motifs is 1. The van der Waals surface area contributed by atoms with E-state index < -0.39 is 17.7 Å². The van der Waals surface area contributed by atoms with E-state index in [1.165, 1.54) is 12.1 Å². The normalized spacial score (nSPS) is 11.6. The van der Waals surface area contributed by atoms with Gasteiger partial charge in [0.15, 0.2) is 6.61 Å². The number of carbonyl (C=O) groups excluding carboxylic acids is 2. The minimum atomic E-state index is -0.797. The molecule has 0 fully saturated rings. The van der Waals surface area contributed by atoms with Crippen molar-refractivity contribution in [3.8, 4) is 5.75 Å². The lowest BCUT2D eigenvalue weighted by Gasteiger charge is -2.17. The summed E-state index contributed by atoms with van der Waals surface area (Å²) in [6.45, 7) is -0.474. The van der Waals surface area contributed by atoms with Gasteiger partial charge < -0.3 is 20.5 Å². The number of hydrogen-bond donors (Lipinski definition) is 2. The molecule has 0 saturated heterocycles. The molecule has 0 spiro atoms. The monoisotopic (exact) mass is 473 g/mol. The molecule has 7 nitrogen and oxygen atoms in total. The van der Waals surface area contributed by atoms with Crippen molar-refractivity contribution in [2.45, 2.75) is 12.5 Å². The third kappa shape index (κ3) is 6.39. The van der Waals surface area contributed by atoms with E-state index in [0.29, 0.717) is 22.6 Å². The van der Waals surface area contributed by atoms with Crippen LogP contribution in [0.2, 0.25) is 0 Å². The number of ether oxygens (including phenoxy) is 2. The Labute approximate surface area is 201 Å². The van der Waals surface area contributed by atoms with Crippen LogP contribution < -0.4 is 15.8 Å². The van der Waals surface area contributed by atoms with Gasteiger partial charge in [0.2, 0.25) is 5.91 Å². The number of nitrogens with two attached hydrogens (primary N) is 1. The van der Waals surface area contributed by atoms with E-state index in [1.54, 1.807) is 48.8 Å². The number of amides is 1. The molecule has 4 aromatic rings. The van der Waals surface area contributed by atoms with E-state index in [2.05, 4.69) is 10.3 Å². The van der Waals surface area contributed by atoms with Crippen LogP contribution in [0.5, 0.6) is 5.75 Å². The van der Waals surface area contributed by atoms with Crippen molar-refractivity contribution in [2.75, 3.05) is 18.5 Å². The Balaban J connectivity index is 1.40. The second-order valence-electron chi connectivity index (χ2n) is 7.87. The predicted octanol–water partition coefficient (Wildman–Crippen LogP) is 4.18. The number of esters is 1. The fourth-order valence-corrected chi connectivity index (χ4v) is 3.61. The topological polar surface area (TPSA) is 104 Å². The van der Waals surface area contributed by atoms with Crippen molar-refractivity contribution in [3.63, 3.8) is 0 Å². The van der Waals surface area contributed by atoms with Gasteiger partial charge in [0.05, 0.1) is 5.92 Å². The van der Waals surface area contributed by atoms with Crippen molar-refractivity contribution in [1.82, 2.24) is 4.98 Å². The number of aromatic nitrogens is 1. The maximum absolute atomic E-state index is 14.3. The fourth-order valence-electron chi connectivity index (χ4n) is 3.61. The lowest BCUT2D eigenvalue weighted by atomic mass is 9.96. The van der Waals surface area contributed by atoms with E-state index in [1.807, 2.05) is 24.3 Å². The highest BCUT2D eigenvalue weighted by Crippen LogP contribution is 2.23. The second-order valence-corrected chi connectivity index (χ2v) is 7.87. The minimum absolute atomic E-state index is 0.0308. The van der Waals surface area contributed by atoms with Crippen molar-refractivity contribution in [2.24, 2.45) is 5.73 Å². The number of pyridine rings is 1. The highest BCUT2D eigenvalue weighted by molar-refractivity contribution is 5.98. The maximum atomic E-state index is 14.3. The van der Waals surface area contributed by atoms with E-state index in [-0.39, 0.29) is 25.7 Å². The summed E-state index contributed by atoms with van der Waals surface area (Å²) in [6, 6.07) is 20.3. The summed E-state index contributed by atoms with van der Waals surface area (Å²) in [5.74, 6) is -1.78. The maximum Gasteiger partial charge on any atom is 0.344 e. The van der Waals surface area contributed by atoms with Crippen molar-refractivity contribution in [1.29, 1.82) is 0 Å². The molecule has 3 aromatic carbocycles. The Morgan fingerprint density at radius 2 is 1.83 bits per heavy atom. The van der Waals surface area contributed by atoms with E-state index in [4.69, 9.17) is 15.2 Å². The van der Waals surface area contributed by atoms with Crippen LogP contribution in [0.25, 0.3) is 10.8 Å². The summed E-state index contributed by atoms with van der Waals surface area (Å²) >= 11 is 0. The van der Waals surface area contributed by atoms with Crippen LogP contribution in [0.4, 0.5) is 10.1 Å². The standard InChI is InChI=1S/C27H24FN3O4/c28-22-11-18(16-35-26(32)17-34-24-4-2-1-3-5-24)10-21(12-22)25(14-29)27(33)31-23-7-6-20-15-30-9-8-19(20)13-23/h1-13,15,25H,14,16-17,29H2,(H,31,33). The minimum Gasteiger partial charge on any atom is -0.482 e. The molecule has 1 unspecified atom stereocenters. The molecule has 4 rings (SSSR count). The van der Waals surface area contributed by atoms with Crippen LogP contribution in [0.3, 0.4) is 0 Å². The molecule has 35 heavy (non-hydrogen) atoms. The molecule has 1 amide bonds. The van der Waals surface area contributed by atoms with Crippen LogP contribution in [0.15, 0.2) is 85.2 Å². The molecular formula is C27H24FN3O4. The average Bonchev–Trinajstić information content (AvgIpc) is 2.87. The Morgan fingerprint density at radius 1 is 1.00 bits per heavy atom. The summed E-state index contributed by atoms with van der Waals surface area (Å²) < 4.78 is 24.9. The van der Waals surface area contributed by atoms with Gasteiger partial charge in [0, 0.05) is 30.0 Å². The SMILES string of the molecule is NCC(C(=O)Nc1ccc2cnccc2c1)c1cc(F)cc(COC(=O)COc2ccccc2)c1. The van der Waals surface area contributed by atoms with Crippen molar-refractivity contribution < 1.29 is 23.5 Å². The zero-order valence-electron chi connectivity index (χ0n) is 18.8. The van der Waals surface area contributed by atoms with Crippen LogP contribution >= 0.6 is 0 Å². The molecule has 0 saturated carbocycles. The molecule has 3 N–H and O–H groups in total. The molecule has 0 aliphatic carbocycles. The molecule has 178 valence electrons. The van der Waals surface area contributed by atoms with E-state index in [0.717, 1.165) is 10.8 Å². The largest absolute Gasteiger partial charge is 0.482 e. The Bertz CT molecular complexity index is 1330. The third-order valence-electron chi connectivity index (χ3n) is 5.34. The predicted molar refractivity (Wildman–Crippen MR) is 130 cm³/mol. The van der Waals surface area contributed by atoms with Gasteiger partial charge in [-0.15, -0.1) is 0 Å². The van der Waals surface area contributed by atoms with Gasteiger partial charge in [-0.1, -0.05) is 30.3 Å². The Kier molecular flexibility index (Phi) is 7.64. The second kappa shape index (κ2) is 11.2. The average molecular weight is 474 g/mol. The summed E-state index contributed by atoms with van der Waals surface area (Å²) in [7, 11) is 0. The van der Waals surface area contributed by atoms with Gasteiger partial charge in [-0.05, 0) is 59.0 Å². The first-order valence-corrected chi connectivity index (χ1v) is 11.0. The molecule has 1 atom stereocenters. The lowest BCUT2D eigenvalue weighted by Crippen LogP contribution is -2.27. The first-order valence-electron chi connectivity index (χ1n) is 11.0. The smallest absolute Gasteiger partial charge is 0.344 e. The summed E-state index contributed by atoms with van der Waals surface area (Å²) in [6.07, 6.45) is 3.41. The number of halogens is 1. The van der Waals surface area contributed by atoms with E-state index >= 15 is 0 Å². The van der Waals surface area contributed by atoms with Gasteiger partial charge in [0.1, 0.15) is 18.2 Å². The summed E-state index contributed by atoms with van der Waals surface area (Å²) in [5.41, 5.74) is 7.26. The summed E-state index contributed by atoms with van der Waals surface area (Å²) in [5, 5.41) is 4.71. The molecule has 1 heterocycles. The number of nitrogens with one attached hydrogen (secondary N) is 1. The highest BCUT2D eigenvalue weighted by Gasteiger charge is 2.21. The molecule has 0 aliphatic rings. The van der Waals surface area contributed by atoms with Gasteiger partial charge in [-0.3, -0.25) is 9.78 Å². The van der Waals surface area contributed by atoms with Gasteiger partial charge in [-0.2, -0.15) is 0 Å². The lowest BCUT2D eigenvalue weighted by molar-refractivity contribution is -0.147. The van der Waals surface area contributed by atoms with Crippen LogP contribution in [-0.4, -0.2) is 30.0 Å². The van der Waals surface area contributed by atoms with Gasteiger partial charge in [-0.25, -0.2) is 9.18 Å².